The van der Waals surface area contributed by atoms with Crippen LogP contribution in [0.5, 0.6) is 11.5 Å². The summed E-state index contributed by atoms with van der Waals surface area (Å²) in [6.07, 6.45) is 0. The van der Waals surface area contributed by atoms with Crippen molar-refractivity contribution in [3.8, 4) is 28.6 Å². The van der Waals surface area contributed by atoms with Gasteiger partial charge in [-0.25, -0.2) is 4.98 Å². The Kier molecular flexibility index (Phi) is 8.92. The maximum atomic E-state index is 7.12. The van der Waals surface area contributed by atoms with E-state index >= 15 is 0 Å². The average molecular weight is 908 g/mol. The molecule has 1 aliphatic carbocycles. The predicted molar refractivity (Wildman–Crippen MR) is 289 cm³/mol. The van der Waals surface area contributed by atoms with E-state index in [1.807, 2.05) is 0 Å². The Bertz CT molecular complexity index is 3570. The smallest absolute Gasteiger partial charge is 0.215 e. The lowest BCUT2D eigenvalue weighted by Crippen LogP contribution is -2.40. The topological polar surface area (TPSA) is 38.5 Å². The molecule has 3 aliphatic rings. The molecular formula is C63H65N5O. The Labute approximate surface area is 408 Å². The van der Waals surface area contributed by atoms with E-state index in [-0.39, 0.29) is 21.7 Å². The van der Waals surface area contributed by atoms with E-state index in [4.69, 9.17) is 9.72 Å². The van der Waals surface area contributed by atoms with Crippen LogP contribution in [-0.4, -0.2) is 27.8 Å². The van der Waals surface area contributed by atoms with Crippen LogP contribution in [0.2, 0.25) is 0 Å². The van der Waals surface area contributed by atoms with Crippen molar-refractivity contribution in [2.24, 2.45) is 7.05 Å². The summed E-state index contributed by atoms with van der Waals surface area (Å²) in [5.74, 6) is 2.46. The second-order valence-corrected chi connectivity index (χ2v) is 24.4. The fraction of sp³-hybridized carbons (Fsp3) is 0.317. The molecular weight excluding hydrogens is 843 g/mol. The molecule has 6 heteroatoms. The number of rotatable bonds is 3. The van der Waals surface area contributed by atoms with Gasteiger partial charge in [0, 0.05) is 37.0 Å². The second kappa shape index (κ2) is 14.2. The largest absolute Gasteiger partial charge is 0.457 e. The number of ether oxygens (including phenoxy) is 1. The molecule has 6 nitrogen and oxygen atoms in total. The molecule has 2 aliphatic heterocycles. The first-order valence-electron chi connectivity index (χ1n) is 24.9. The van der Waals surface area contributed by atoms with Crippen LogP contribution in [0.15, 0.2) is 127 Å². The van der Waals surface area contributed by atoms with Gasteiger partial charge in [0.2, 0.25) is 5.95 Å². The normalized spacial score (nSPS) is 15.1. The van der Waals surface area contributed by atoms with Crippen molar-refractivity contribution in [1.29, 1.82) is 0 Å². The zero-order valence-corrected chi connectivity index (χ0v) is 43.0. The highest BCUT2D eigenvalue weighted by atomic mass is 16.5. The van der Waals surface area contributed by atoms with Crippen molar-refractivity contribution in [3.05, 3.63) is 172 Å². The van der Waals surface area contributed by atoms with Crippen molar-refractivity contribution in [1.82, 2.24) is 14.1 Å². The maximum Gasteiger partial charge on any atom is 0.215 e. The third-order valence-electron chi connectivity index (χ3n) is 15.6. The molecule has 0 fully saturated rings. The van der Waals surface area contributed by atoms with E-state index < -0.39 is 5.41 Å². The molecule has 0 amide bonds. The minimum atomic E-state index is -0.616. The fourth-order valence-corrected chi connectivity index (χ4v) is 12.2. The number of nitrogens with zero attached hydrogens (tertiary/aromatic N) is 5. The Balaban J connectivity index is 1.13. The Morgan fingerprint density at radius 3 is 1.71 bits per heavy atom. The summed E-state index contributed by atoms with van der Waals surface area (Å²) in [4.78, 5) is 10.2. The summed E-state index contributed by atoms with van der Waals surface area (Å²) >= 11 is 0. The maximum absolute atomic E-state index is 7.12. The highest BCUT2D eigenvalue weighted by Crippen LogP contribution is 2.68. The number of imidazole rings is 1. The molecule has 0 bridgehead atoms. The van der Waals surface area contributed by atoms with Crippen LogP contribution in [0.3, 0.4) is 0 Å². The summed E-state index contributed by atoms with van der Waals surface area (Å²) in [6.45, 7) is 29.4. The molecule has 0 saturated heterocycles. The van der Waals surface area contributed by atoms with Crippen molar-refractivity contribution < 1.29 is 4.74 Å². The molecule has 1 spiro atoms. The van der Waals surface area contributed by atoms with Gasteiger partial charge in [0.25, 0.3) is 0 Å². The predicted octanol–water partition coefficient (Wildman–Crippen LogP) is 15.9. The molecule has 0 saturated carbocycles. The quantitative estimate of drug-likeness (QED) is 0.177. The number of para-hydroxylation sites is 4. The summed E-state index contributed by atoms with van der Waals surface area (Å²) in [7, 11) is 4.34. The second-order valence-electron chi connectivity index (χ2n) is 24.4. The molecule has 4 heterocycles. The van der Waals surface area contributed by atoms with Gasteiger partial charge in [0.1, 0.15) is 11.5 Å². The van der Waals surface area contributed by atoms with E-state index in [0.29, 0.717) is 0 Å². The number of aryl methyl sites for hydroxylation is 1. The van der Waals surface area contributed by atoms with Crippen molar-refractivity contribution in [2.45, 2.75) is 110 Å². The SMILES string of the molecule is CN1CN2c3cc(Oc4ccc5c6ccccc6n(-c6nc7ccccc7n6C)c5c4)ccc3C3(c4cccc1c42)c1c(cc(C(C)(C)C)cc1C(C)(C)C)-c1cc(C(C)(C)C)cc(C(C)(C)C)c13. The first-order chi connectivity index (χ1) is 32.6. The van der Waals surface area contributed by atoms with Gasteiger partial charge in [-0.2, -0.15) is 0 Å². The summed E-state index contributed by atoms with van der Waals surface area (Å²) in [5.41, 5.74) is 20.7. The van der Waals surface area contributed by atoms with Crippen molar-refractivity contribution in [2.75, 3.05) is 23.5 Å². The lowest BCUT2D eigenvalue weighted by Gasteiger charge is -2.46. The van der Waals surface area contributed by atoms with Gasteiger partial charge >= 0.3 is 0 Å². The van der Waals surface area contributed by atoms with Gasteiger partial charge in [0.15, 0.2) is 0 Å². The zero-order valence-electron chi connectivity index (χ0n) is 43.0. The molecule has 348 valence electrons. The highest BCUT2D eigenvalue weighted by Gasteiger charge is 2.57. The average Bonchev–Trinajstić information content (AvgIpc) is 4.00. The summed E-state index contributed by atoms with van der Waals surface area (Å²) in [6, 6.07) is 47.8. The van der Waals surface area contributed by atoms with Gasteiger partial charge < -0.3 is 19.1 Å². The molecule has 2 aromatic heterocycles. The standard InChI is InChI=1S/C63H65N5O/c1-59(2,3)37-30-43-44-31-38(60(4,5)6)33-48(62(10,11)12)56(44)63(55(43)47(32-37)61(7,8)9)45-29-27-40(35-54(45)67-36-65(13)52-25-19-21-46(63)57(52)67)69-39-26-28-42-41-20-15-17-23-50(41)68(53(42)34-39)58-64-49-22-16-18-24-51(49)66(58)14/h15-35H,36H2,1-14H3. The van der Waals surface area contributed by atoms with Gasteiger partial charge in [-0.15, -0.1) is 0 Å². The number of aromatic nitrogens is 3. The minimum absolute atomic E-state index is 0.0491. The van der Waals surface area contributed by atoms with Crippen LogP contribution in [0, 0.1) is 0 Å². The van der Waals surface area contributed by atoms with E-state index in [2.05, 4.69) is 244 Å². The molecule has 12 rings (SSSR count). The van der Waals surface area contributed by atoms with Crippen LogP contribution in [0.1, 0.15) is 128 Å². The lowest BCUT2D eigenvalue weighted by atomic mass is 9.59. The molecule has 9 aromatic rings. The van der Waals surface area contributed by atoms with Crippen LogP contribution in [0.4, 0.5) is 17.1 Å². The minimum Gasteiger partial charge on any atom is -0.457 e. The fourth-order valence-electron chi connectivity index (χ4n) is 12.2. The van der Waals surface area contributed by atoms with Gasteiger partial charge in [-0.1, -0.05) is 156 Å². The number of hydrogen-bond acceptors (Lipinski definition) is 4. The summed E-state index contributed by atoms with van der Waals surface area (Å²) < 4.78 is 11.6. The highest BCUT2D eigenvalue weighted by molar-refractivity contribution is 6.09. The lowest BCUT2D eigenvalue weighted by molar-refractivity contribution is 0.482. The van der Waals surface area contributed by atoms with Crippen molar-refractivity contribution >= 4 is 49.9 Å². The molecule has 69 heavy (non-hydrogen) atoms. The number of hydrogen-bond donors (Lipinski definition) is 0. The molecule has 0 radical (unpaired) electrons. The van der Waals surface area contributed by atoms with Crippen LogP contribution < -0.4 is 14.5 Å². The van der Waals surface area contributed by atoms with Crippen LogP contribution in [-0.2, 0) is 34.1 Å². The van der Waals surface area contributed by atoms with E-state index in [0.717, 1.165) is 51.6 Å². The van der Waals surface area contributed by atoms with Crippen molar-refractivity contribution in [3.63, 3.8) is 0 Å². The Morgan fingerprint density at radius 1 is 0.507 bits per heavy atom. The number of fused-ring (bicyclic) bond motifs is 13. The zero-order chi connectivity index (χ0) is 48.5. The molecule has 0 N–H and O–H groups in total. The van der Waals surface area contributed by atoms with Gasteiger partial charge in [-0.05, 0) is 120 Å². The molecule has 7 aromatic carbocycles. The summed E-state index contributed by atoms with van der Waals surface area (Å²) in [5, 5.41) is 2.34. The van der Waals surface area contributed by atoms with Crippen LogP contribution >= 0.6 is 0 Å². The number of benzene rings is 7. The Hall–Kier alpha value is -6.79. The molecule has 0 atom stereocenters. The van der Waals surface area contributed by atoms with Gasteiger partial charge in [0.05, 0.1) is 51.2 Å². The monoisotopic (exact) mass is 908 g/mol. The van der Waals surface area contributed by atoms with Gasteiger partial charge in [-0.3, -0.25) is 4.57 Å². The van der Waals surface area contributed by atoms with E-state index in [1.54, 1.807) is 0 Å². The van der Waals surface area contributed by atoms with E-state index in [9.17, 15) is 0 Å². The third-order valence-corrected chi connectivity index (χ3v) is 15.6. The third kappa shape index (κ3) is 6.12. The Morgan fingerprint density at radius 2 is 1.09 bits per heavy atom. The molecule has 0 unspecified atom stereocenters. The number of anilines is 3. The first kappa shape index (κ1) is 43.5. The van der Waals surface area contributed by atoms with Crippen LogP contribution in [0.25, 0.3) is 49.9 Å². The van der Waals surface area contributed by atoms with E-state index in [1.165, 1.54) is 78.1 Å². The first-order valence-corrected chi connectivity index (χ1v) is 24.9.